The Morgan fingerprint density at radius 2 is 1.73 bits per heavy atom. The van der Waals surface area contributed by atoms with Gasteiger partial charge in [0.15, 0.2) is 11.0 Å². The zero-order valence-corrected chi connectivity index (χ0v) is 18.7. The van der Waals surface area contributed by atoms with Crippen LogP contribution in [0.2, 0.25) is 0 Å². The maximum Gasteiger partial charge on any atom is 0.251 e. The minimum absolute atomic E-state index is 0.137. The van der Waals surface area contributed by atoms with Crippen LogP contribution in [0.1, 0.15) is 16.2 Å². The Labute approximate surface area is 195 Å². The van der Waals surface area contributed by atoms with E-state index >= 15 is 0 Å². The van der Waals surface area contributed by atoms with E-state index in [1.807, 2.05) is 65.2 Å². The summed E-state index contributed by atoms with van der Waals surface area (Å²) in [6.07, 6.45) is 1.73. The standard InChI is InChI=1S/C25H23N5O2S/c1-2-14-30-22(16-26-24(32)19-9-4-3-5-10-19)28-29-25(30)33-17-23(31)27-21-13-12-18-8-6-7-11-20(18)15-21/h2-13,15H,1,14,16-17H2,(H,26,32)(H,27,31). The molecule has 2 amide bonds. The summed E-state index contributed by atoms with van der Waals surface area (Å²) in [6, 6.07) is 22.8. The van der Waals surface area contributed by atoms with Crippen molar-refractivity contribution in [3.05, 3.63) is 96.8 Å². The predicted octanol–water partition coefficient (Wildman–Crippen LogP) is 4.28. The third-order valence-corrected chi connectivity index (χ3v) is 5.88. The number of benzene rings is 3. The smallest absolute Gasteiger partial charge is 0.251 e. The van der Waals surface area contributed by atoms with Crippen LogP contribution in [0, 0.1) is 0 Å². The van der Waals surface area contributed by atoms with Crippen molar-refractivity contribution in [2.45, 2.75) is 18.2 Å². The number of aromatic nitrogens is 3. The lowest BCUT2D eigenvalue weighted by Gasteiger charge is -2.09. The lowest BCUT2D eigenvalue weighted by molar-refractivity contribution is -0.113. The molecule has 0 bridgehead atoms. The van der Waals surface area contributed by atoms with Crippen molar-refractivity contribution in [2.75, 3.05) is 11.1 Å². The first-order chi connectivity index (χ1) is 16.1. The average molecular weight is 458 g/mol. The van der Waals surface area contributed by atoms with Crippen molar-refractivity contribution in [2.24, 2.45) is 0 Å². The largest absolute Gasteiger partial charge is 0.345 e. The molecule has 0 fully saturated rings. The van der Waals surface area contributed by atoms with E-state index in [2.05, 4.69) is 27.4 Å². The number of hydrogen-bond donors (Lipinski definition) is 2. The zero-order chi connectivity index (χ0) is 23.0. The molecular formula is C25H23N5O2S. The lowest BCUT2D eigenvalue weighted by Crippen LogP contribution is -2.24. The third kappa shape index (κ3) is 5.67. The van der Waals surface area contributed by atoms with Gasteiger partial charge in [-0.05, 0) is 35.0 Å². The number of nitrogens with one attached hydrogen (secondary N) is 2. The molecule has 8 heteroatoms. The summed E-state index contributed by atoms with van der Waals surface area (Å²) >= 11 is 1.29. The summed E-state index contributed by atoms with van der Waals surface area (Å²) in [5.41, 5.74) is 1.32. The zero-order valence-electron chi connectivity index (χ0n) is 17.9. The number of hydrogen-bond acceptors (Lipinski definition) is 5. The number of rotatable bonds is 9. The molecule has 0 aliphatic carbocycles. The maximum absolute atomic E-state index is 12.5. The molecule has 1 heterocycles. The van der Waals surface area contributed by atoms with Gasteiger partial charge in [0.2, 0.25) is 5.91 Å². The monoisotopic (exact) mass is 457 g/mol. The van der Waals surface area contributed by atoms with Gasteiger partial charge in [0.05, 0.1) is 12.3 Å². The molecule has 0 unspecified atom stereocenters. The molecule has 4 aromatic rings. The van der Waals surface area contributed by atoms with Crippen LogP contribution in [0.25, 0.3) is 10.8 Å². The molecule has 4 rings (SSSR count). The predicted molar refractivity (Wildman–Crippen MR) is 131 cm³/mol. The first-order valence-corrected chi connectivity index (χ1v) is 11.4. The van der Waals surface area contributed by atoms with E-state index < -0.39 is 0 Å². The molecular weight excluding hydrogens is 434 g/mol. The number of amides is 2. The normalized spacial score (nSPS) is 10.7. The van der Waals surface area contributed by atoms with E-state index in [1.54, 1.807) is 18.2 Å². The Morgan fingerprint density at radius 1 is 0.970 bits per heavy atom. The Balaban J connectivity index is 1.37. The van der Waals surface area contributed by atoms with Crippen molar-refractivity contribution in [1.82, 2.24) is 20.1 Å². The second kappa shape index (κ2) is 10.6. The Bertz CT molecular complexity index is 1290. The highest BCUT2D eigenvalue weighted by molar-refractivity contribution is 7.99. The van der Waals surface area contributed by atoms with Crippen LogP contribution in [0.15, 0.2) is 90.6 Å². The van der Waals surface area contributed by atoms with Crippen molar-refractivity contribution in [3.63, 3.8) is 0 Å². The van der Waals surface area contributed by atoms with Crippen LogP contribution < -0.4 is 10.6 Å². The van der Waals surface area contributed by atoms with Crippen LogP contribution in [-0.2, 0) is 17.9 Å². The number of carbonyl (C=O) groups is 2. The molecule has 3 aromatic carbocycles. The molecule has 0 aliphatic rings. The SMILES string of the molecule is C=CCn1c(CNC(=O)c2ccccc2)nnc1SCC(=O)Nc1ccc2ccccc2c1. The molecule has 7 nitrogen and oxygen atoms in total. The van der Waals surface area contributed by atoms with Crippen molar-refractivity contribution >= 4 is 40.0 Å². The highest BCUT2D eigenvalue weighted by atomic mass is 32.2. The summed E-state index contributed by atoms with van der Waals surface area (Å²) in [6.45, 7) is 4.48. The first-order valence-electron chi connectivity index (χ1n) is 10.4. The maximum atomic E-state index is 12.5. The van der Waals surface area contributed by atoms with Crippen molar-refractivity contribution < 1.29 is 9.59 Å². The molecule has 0 atom stereocenters. The Morgan fingerprint density at radius 3 is 2.52 bits per heavy atom. The fourth-order valence-corrected chi connectivity index (χ4v) is 4.08. The first kappa shape index (κ1) is 22.3. The molecule has 0 saturated carbocycles. The van der Waals surface area contributed by atoms with Gasteiger partial charge in [-0.2, -0.15) is 0 Å². The van der Waals surface area contributed by atoms with Gasteiger partial charge in [0.1, 0.15) is 0 Å². The van der Waals surface area contributed by atoms with Gasteiger partial charge in [0, 0.05) is 17.8 Å². The van der Waals surface area contributed by atoms with Crippen LogP contribution >= 0.6 is 11.8 Å². The van der Waals surface area contributed by atoms with Gasteiger partial charge >= 0.3 is 0 Å². The highest BCUT2D eigenvalue weighted by Gasteiger charge is 2.15. The molecule has 33 heavy (non-hydrogen) atoms. The third-order valence-electron chi connectivity index (χ3n) is 4.91. The van der Waals surface area contributed by atoms with E-state index in [0.717, 1.165) is 16.5 Å². The minimum Gasteiger partial charge on any atom is -0.345 e. The number of nitrogens with zero attached hydrogens (tertiary/aromatic N) is 3. The molecule has 1 aromatic heterocycles. The van der Waals surface area contributed by atoms with Gasteiger partial charge in [0.25, 0.3) is 5.91 Å². The quantitative estimate of drug-likeness (QED) is 0.289. The summed E-state index contributed by atoms with van der Waals surface area (Å²) in [7, 11) is 0. The van der Waals surface area contributed by atoms with Gasteiger partial charge < -0.3 is 15.2 Å². The van der Waals surface area contributed by atoms with Crippen LogP contribution in [-0.4, -0.2) is 32.3 Å². The van der Waals surface area contributed by atoms with Crippen LogP contribution in [0.4, 0.5) is 5.69 Å². The summed E-state index contributed by atoms with van der Waals surface area (Å²) in [5.74, 6) is 0.449. The molecule has 0 aliphatic heterocycles. The molecule has 166 valence electrons. The van der Waals surface area contributed by atoms with E-state index in [1.165, 1.54) is 11.8 Å². The minimum atomic E-state index is -0.187. The van der Waals surface area contributed by atoms with Crippen LogP contribution in [0.5, 0.6) is 0 Å². The molecule has 2 N–H and O–H groups in total. The second-order valence-electron chi connectivity index (χ2n) is 7.25. The topological polar surface area (TPSA) is 88.9 Å². The van der Waals surface area contributed by atoms with E-state index in [-0.39, 0.29) is 24.1 Å². The fraction of sp³-hybridized carbons (Fsp3) is 0.120. The lowest BCUT2D eigenvalue weighted by atomic mass is 10.1. The van der Waals surface area contributed by atoms with Crippen molar-refractivity contribution in [1.29, 1.82) is 0 Å². The number of fused-ring (bicyclic) bond motifs is 1. The van der Waals surface area contributed by atoms with Gasteiger partial charge in [-0.1, -0.05) is 66.4 Å². The number of thioether (sulfide) groups is 1. The number of anilines is 1. The van der Waals surface area contributed by atoms with Crippen LogP contribution in [0.3, 0.4) is 0 Å². The highest BCUT2D eigenvalue weighted by Crippen LogP contribution is 2.21. The van der Waals surface area contributed by atoms with Gasteiger partial charge in [-0.25, -0.2) is 0 Å². The molecule has 0 radical (unpaired) electrons. The van der Waals surface area contributed by atoms with E-state index in [4.69, 9.17) is 0 Å². The number of carbonyl (C=O) groups excluding carboxylic acids is 2. The Kier molecular flexibility index (Phi) is 7.16. The van der Waals surface area contributed by atoms with Gasteiger partial charge in [-0.15, -0.1) is 16.8 Å². The fourth-order valence-electron chi connectivity index (χ4n) is 3.31. The summed E-state index contributed by atoms with van der Waals surface area (Å²) in [4.78, 5) is 24.8. The van der Waals surface area contributed by atoms with Gasteiger partial charge in [-0.3, -0.25) is 9.59 Å². The van der Waals surface area contributed by atoms with E-state index in [9.17, 15) is 9.59 Å². The molecule has 0 spiro atoms. The van der Waals surface area contributed by atoms with E-state index in [0.29, 0.717) is 23.1 Å². The summed E-state index contributed by atoms with van der Waals surface area (Å²) < 4.78 is 1.84. The average Bonchev–Trinajstić information content (AvgIpc) is 3.23. The second-order valence-corrected chi connectivity index (χ2v) is 8.19. The molecule has 0 saturated heterocycles. The Hall–Kier alpha value is -3.91. The number of allylic oxidation sites excluding steroid dienone is 1. The summed E-state index contributed by atoms with van der Waals surface area (Å²) in [5, 5.41) is 17.0. The van der Waals surface area contributed by atoms with Crippen molar-refractivity contribution in [3.8, 4) is 0 Å².